The minimum Gasteiger partial charge on any atom is -0.399 e. The van der Waals surface area contributed by atoms with Crippen LogP contribution in [0.15, 0.2) is 27.6 Å². The van der Waals surface area contributed by atoms with Gasteiger partial charge in [0.1, 0.15) is 0 Å². The van der Waals surface area contributed by atoms with Crippen molar-refractivity contribution < 1.29 is 8.42 Å². The molecule has 0 fully saturated rings. The van der Waals surface area contributed by atoms with Gasteiger partial charge in [0.15, 0.2) is 0 Å². The highest BCUT2D eigenvalue weighted by Gasteiger charge is 2.31. The summed E-state index contributed by atoms with van der Waals surface area (Å²) < 4.78 is 28.3. The van der Waals surface area contributed by atoms with Gasteiger partial charge in [0.25, 0.3) is 0 Å². The Morgan fingerprint density at radius 1 is 1.24 bits per heavy atom. The lowest BCUT2D eigenvalue weighted by molar-refractivity contribution is 0.277. The number of anilines is 1. The van der Waals surface area contributed by atoms with Gasteiger partial charge in [0.05, 0.1) is 4.90 Å². The molecular weight excluding hydrogens is 352 g/mol. The highest BCUT2D eigenvalue weighted by Crippen LogP contribution is 2.30. The van der Waals surface area contributed by atoms with E-state index >= 15 is 0 Å². The molecule has 4 nitrogen and oxygen atoms in total. The van der Waals surface area contributed by atoms with Crippen LogP contribution in [0.2, 0.25) is 0 Å². The summed E-state index contributed by atoms with van der Waals surface area (Å²) >= 11 is 3.33. The molecule has 0 saturated carbocycles. The predicted octanol–water partition coefficient (Wildman–Crippen LogP) is 3.87. The number of sulfonamides is 1. The molecular formula is C15H25BrN2O2S. The molecule has 0 atom stereocenters. The molecule has 6 heteroatoms. The Hall–Kier alpha value is -0.590. The highest BCUT2D eigenvalue weighted by molar-refractivity contribution is 9.10. The summed E-state index contributed by atoms with van der Waals surface area (Å²) in [4.78, 5) is 0.245. The zero-order chi connectivity index (χ0) is 16.2. The van der Waals surface area contributed by atoms with Gasteiger partial charge in [-0.05, 0) is 52.9 Å². The molecule has 0 aromatic heterocycles. The van der Waals surface area contributed by atoms with Gasteiger partial charge in [-0.25, -0.2) is 8.42 Å². The van der Waals surface area contributed by atoms with Gasteiger partial charge >= 0.3 is 0 Å². The van der Waals surface area contributed by atoms with E-state index in [1.54, 1.807) is 16.4 Å². The second kappa shape index (κ2) is 7.61. The van der Waals surface area contributed by atoms with E-state index in [1.165, 1.54) is 6.07 Å². The number of hydrogen-bond acceptors (Lipinski definition) is 3. The number of nitrogens with two attached hydrogens (primary N) is 1. The Labute approximate surface area is 136 Å². The average molecular weight is 377 g/mol. The van der Waals surface area contributed by atoms with Crippen molar-refractivity contribution >= 4 is 31.6 Å². The maximum atomic E-state index is 13.0. The molecule has 0 spiro atoms. The normalized spacial score (nSPS) is 12.6. The van der Waals surface area contributed by atoms with E-state index < -0.39 is 10.0 Å². The summed E-state index contributed by atoms with van der Waals surface area (Å²) in [5, 5.41) is 0. The van der Waals surface area contributed by atoms with Crippen molar-refractivity contribution in [3.63, 3.8) is 0 Å². The zero-order valence-corrected chi connectivity index (χ0v) is 15.5. The number of hydrogen-bond donors (Lipinski definition) is 1. The second-order valence-corrected chi connectivity index (χ2v) is 8.34. The SMILES string of the molecule is CCC(CC)N(CC(C)C)S(=O)(=O)c1cc(N)ccc1Br. The summed E-state index contributed by atoms with van der Waals surface area (Å²) in [5.74, 6) is 0.264. The van der Waals surface area contributed by atoms with E-state index in [2.05, 4.69) is 15.9 Å². The van der Waals surface area contributed by atoms with E-state index in [9.17, 15) is 8.42 Å². The number of nitrogen functional groups attached to an aromatic ring is 1. The van der Waals surface area contributed by atoms with Crippen LogP contribution in [0.3, 0.4) is 0 Å². The van der Waals surface area contributed by atoms with Crippen LogP contribution in [0.1, 0.15) is 40.5 Å². The van der Waals surface area contributed by atoms with Gasteiger partial charge in [0, 0.05) is 22.7 Å². The first kappa shape index (κ1) is 18.5. The fourth-order valence-electron chi connectivity index (χ4n) is 2.34. The van der Waals surface area contributed by atoms with Crippen LogP contribution in [-0.2, 0) is 10.0 Å². The van der Waals surface area contributed by atoms with Gasteiger partial charge in [-0.1, -0.05) is 27.7 Å². The average Bonchev–Trinajstić information content (AvgIpc) is 2.41. The first-order valence-electron chi connectivity index (χ1n) is 7.30. The van der Waals surface area contributed by atoms with Gasteiger partial charge in [0.2, 0.25) is 10.0 Å². The molecule has 0 aliphatic heterocycles. The molecule has 0 heterocycles. The van der Waals surface area contributed by atoms with E-state index in [0.29, 0.717) is 16.7 Å². The van der Waals surface area contributed by atoms with Gasteiger partial charge in [-0.15, -0.1) is 0 Å². The minimum atomic E-state index is -3.57. The van der Waals surface area contributed by atoms with Gasteiger partial charge < -0.3 is 5.73 Å². The summed E-state index contributed by atoms with van der Waals surface area (Å²) in [7, 11) is -3.57. The van der Waals surface area contributed by atoms with E-state index in [-0.39, 0.29) is 16.9 Å². The summed E-state index contributed by atoms with van der Waals surface area (Å²) in [6.45, 7) is 8.60. The van der Waals surface area contributed by atoms with Crippen LogP contribution in [0.4, 0.5) is 5.69 Å². The third-order valence-electron chi connectivity index (χ3n) is 3.44. The van der Waals surface area contributed by atoms with Gasteiger partial charge in [-0.3, -0.25) is 0 Å². The largest absolute Gasteiger partial charge is 0.399 e. The first-order valence-corrected chi connectivity index (χ1v) is 9.54. The van der Waals surface area contributed by atoms with E-state index in [0.717, 1.165) is 12.8 Å². The summed E-state index contributed by atoms with van der Waals surface area (Å²) in [5.41, 5.74) is 6.21. The van der Waals surface area contributed by atoms with Crippen molar-refractivity contribution in [2.75, 3.05) is 12.3 Å². The molecule has 0 bridgehead atoms. The third kappa shape index (κ3) is 4.44. The van der Waals surface area contributed by atoms with Crippen molar-refractivity contribution in [2.24, 2.45) is 5.92 Å². The van der Waals surface area contributed by atoms with Crippen LogP contribution in [-0.4, -0.2) is 25.3 Å². The Bertz CT molecular complexity index is 569. The fraction of sp³-hybridized carbons (Fsp3) is 0.600. The smallest absolute Gasteiger partial charge is 0.244 e. The third-order valence-corrected chi connectivity index (χ3v) is 6.35. The molecule has 1 aromatic carbocycles. The first-order chi connectivity index (χ1) is 9.73. The number of nitrogens with zero attached hydrogens (tertiary/aromatic N) is 1. The molecule has 2 N–H and O–H groups in total. The second-order valence-electron chi connectivity index (χ2n) is 5.63. The Morgan fingerprint density at radius 3 is 2.29 bits per heavy atom. The molecule has 0 amide bonds. The lowest BCUT2D eigenvalue weighted by Crippen LogP contribution is -2.42. The van der Waals surface area contributed by atoms with Crippen LogP contribution in [0.25, 0.3) is 0 Å². The molecule has 0 saturated heterocycles. The quantitative estimate of drug-likeness (QED) is 0.734. The molecule has 0 aliphatic rings. The Morgan fingerprint density at radius 2 is 1.81 bits per heavy atom. The fourth-order valence-corrected chi connectivity index (χ4v) is 5.24. The van der Waals surface area contributed by atoms with Crippen molar-refractivity contribution in [1.82, 2.24) is 4.31 Å². The maximum Gasteiger partial charge on any atom is 0.244 e. The zero-order valence-electron chi connectivity index (χ0n) is 13.1. The Balaban J connectivity index is 3.35. The molecule has 0 aliphatic carbocycles. The van der Waals surface area contributed by atoms with E-state index in [4.69, 9.17) is 5.73 Å². The number of benzene rings is 1. The molecule has 21 heavy (non-hydrogen) atoms. The maximum absolute atomic E-state index is 13.0. The van der Waals surface area contributed by atoms with Crippen LogP contribution in [0, 0.1) is 5.92 Å². The highest BCUT2D eigenvalue weighted by atomic mass is 79.9. The number of halogens is 1. The van der Waals surface area contributed by atoms with E-state index in [1.807, 2.05) is 27.7 Å². The number of rotatable bonds is 7. The topological polar surface area (TPSA) is 63.4 Å². The van der Waals surface area contributed by atoms with Crippen molar-refractivity contribution in [3.8, 4) is 0 Å². The lowest BCUT2D eigenvalue weighted by atomic mass is 10.1. The molecule has 120 valence electrons. The van der Waals surface area contributed by atoms with Crippen molar-refractivity contribution in [3.05, 3.63) is 22.7 Å². The van der Waals surface area contributed by atoms with Crippen molar-refractivity contribution in [1.29, 1.82) is 0 Å². The standard InChI is InChI=1S/C15H25BrN2O2S/c1-5-13(6-2)18(10-11(3)4)21(19,20)15-9-12(17)7-8-14(15)16/h7-9,11,13H,5-6,10,17H2,1-4H3. The monoisotopic (exact) mass is 376 g/mol. The summed E-state index contributed by atoms with van der Waals surface area (Å²) in [6, 6.07) is 4.90. The van der Waals surface area contributed by atoms with Crippen LogP contribution >= 0.6 is 15.9 Å². The molecule has 0 radical (unpaired) electrons. The van der Waals surface area contributed by atoms with Gasteiger partial charge in [-0.2, -0.15) is 4.31 Å². The molecule has 1 rings (SSSR count). The van der Waals surface area contributed by atoms with Crippen molar-refractivity contribution in [2.45, 2.75) is 51.5 Å². The lowest BCUT2D eigenvalue weighted by Gasteiger charge is -2.31. The molecule has 1 aromatic rings. The Kier molecular flexibility index (Phi) is 6.69. The molecule has 0 unspecified atom stereocenters. The van der Waals surface area contributed by atoms with Crippen LogP contribution in [0.5, 0.6) is 0 Å². The summed E-state index contributed by atoms with van der Waals surface area (Å²) in [6.07, 6.45) is 1.59. The minimum absolute atomic E-state index is 0.00531. The van der Waals surface area contributed by atoms with Crippen LogP contribution < -0.4 is 5.73 Å². The predicted molar refractivity (Wildman–Crippen MR) is 91.7 cm³/mol.